The topological polar surface area (TPSA) is 118 Å². The molecule has 11 heteroatoms. The first-order chi connectivity index (χ1) is 16.6. The summed E-state index contributed by atoms with van der Waals surface area (Å²) >= 11 is 13.1. The van der Waals surface area contributed by atoms with Crippen molar-refractivity contribution in [3.05, 3.63) is 46.4 Å². The monoisotopic (exact) mass is 518 g/mol. The average molecular weight is 519 g/mol. The van der Waals surface area contributed by atoms with Gasteiger partial charge >= 0.3 is 6.09 Å². The Labute approximate surface area is 213 Å². The second kappa shape index (κ2) is 10.2. The largest absolute Gasteiger partial charge is 0.490 e. The van der Waals surface area contributed by atoms with Crippen LogP contribution in [0.3, 0.4) is 0 Å². The van der Waals surface area contributed by atoms with Gasteiger partial charge in [0, 0.05) is 37.2 Å². The third-order valence-electron chi connectivity index (χ3n) is 5.34. The molecule has 0 unspecified atom stereocenters. The maximum atomic E-state index is 12.2. The number of ether oxygens (including phenoxy) is 2. The molecule has 2 aromatic carbocycles. The Hall–Kier alpha value is -3.17. The van der Waals surface area contributed by atoms with E-state index >= 15 is 0 Å². The van der Waals surface area contributed by atoms with Crippen LogP contribution in [0.5, 0.6) is 5.75 Å². The molecule has 0 atom stereocenters. The maximum absolute atomic E-state index is 12.2. The Bertz CT molecular complexity index is 1160. The van der Waals surface area contributed by atoms with Crippen LogP contribution >= 0.6 is 23.2 Å². The molecular weight excluding hydrogens is 491 g/mol. The van der Waals surface area contributed by atoms with E-state index in [0.29, 0.717) is 40.3 Å². The van der Waals surface area contributed by atoms with Crippen molar-refractivity contribution in [2.24, 2.45) is 0 Å². The number of nitrogens with zero attached hydrogens (tertiary/aromatic N) is 3. The molecule has 1 aliphatic rings. The van der Waals surface area contributed by atoms with Crippen LogP contribution in [0, 0.1) is 0 Å². The first-order valence-electron chi connectivity index (χ1n) is 11.3. The Morgan fingerprint density at radius 2 is 1.77 bits per heavy atom. The van der Waals surface area contributed by atoms with Crippen molar-refractivity contribution in [2.45, 2.75) is 45.3 Å². The average Bonchev–Trinajstić information content (AvgIpc) is 3.18. The first kappa shape index (κ1) is 24.9. The van der Waals surface area contributed by atoms with E-state index in [1.807, 2.05) is 45.0 Å². The third-order valence-corrected chi connectivity index (χ3v) is 5.94. The maximum Gasteiger partial charge on any atom is 0.410 e. The number of H-pyrrole nitrogens is 1. The standard InChI is InChI=1S/C24H28Cl2N6O3/c1-24(2,3)35-23(33)32-10-8-17(9-11-32)34-16-6-4-14(5-7-16)20-18(25)12-15(13-19(20)26)28-22-29-21(27)30-31-22/h4-7,12-13,17H,8-11H2,1-3H3,(H4,27,28,29,30,31). The molecule has 4 N–H and O–H groups in total. The highest BCUT2D eigenvalue weighted by Crippen LogP contribution is 2.38. The molecular formula is C24H28Cl2N6O3. The van der Waals surface area contributed by atoms with Gasteiger partial charge in [-0.3, -0.25) is 0 Å². The molecule has 0 aliphatic carbocycles. The second-order valence-electron chi connectivity index (χ2n) is 9.29. The van der Waals surface area contributed by atoms with E-state index in [2.05, 4.69) is 20.5 Å². The number of likely N-dealkylation sites (tertiary alicyclic amines) is 1. The van der Waals surface area contributed by atoms with E-state index in [4.69, 9.17) is 38.4 Å². The first-order valence-corrected chi connectivity index (χ1v) is 12.0. The molecule has 0 bridgehead atoms. The number of carbonyl (C=O) groups is 1. The Balaban J connectivity index is 1.36. The van der Waals surface area contributed by atoms with Crippen LogP contribution in [-0.4, -0.2) is 51.0 Å². The quantitative estimate of drug-likeness (QED) is 0.385. The number of nitrogen functional groups attached to an aromatic ring is 1. The van der Waals surface area contributed by atoms with Crippen LogP contribution < -0.4 is 15.8 Å². The second-order valence-corrected chi connectivity index (χ2v) is 10.1. The van der Waals surface area contributed by atoms with Crippen molar-refractivity contribution in [2.75, 3.05) is 24.1 Å². The summed E-state index contributed by atoms with van der Waals surface area (Å²) in [6.07, 6.45) is 1.23. The summed E-state index contributed by atoms with van der Waals surface area (Å²) < 4.78 is 11.6. The Kier molecular flexibility index (Phi) is 7.28. The number of hydrogen-bond acceptors (Lipinski definition) is 7. The van der Waals surface area contributed by atoms with Gasteiger partial charge in [0.1, 0.15) is 17.5 Å². The van der Waals surface area contributed by atoms with E-state index in [0.717, 1.165) is 24.2 Å². The normalized spacial score (nSPS) is 14.6. The van der Waals surface area contributed by atoms with Gasteiger partial charge < -0.3 is 25.4 Å². The predicted octanol–water partition coefficient (Wildman–Crippen LogP) is 5.88. The van der Waals surface area contributed by atoms with Crippen molar-refractivity contribution in [3.8, 4) is 16.9 Å². The van der Waals surface area contributed by atoms with Gasteiger partial charge in [0.2, 0.25) is 11.9 Å². The molecule has 1 amide bonds. The van der Waals surface area contributed by atoms with Crippen LogP contribution in [0.1, 0.15) is 33.6 Å². The van der Waals surface area contributed by atoms with Crippen molar-refractivity contribution in [3.63, 3.8) is 0 Å². The van der Waals surface area contributed by atoms with Gasteiger partial charge in [0.05, 0.1) is 10.0 Å². The summed E-state index contributed by atoms with van der Waals surface area (Å²) in [5, 5.41) is 10.5. The van der Waals surface area contributed by atoms with Gasteiger partial charge in [0.15, 0.2) is 0 Å². The summed E-state index contributed by atoms with van der Waals surface area (Å²) in [6, 6.07) is 11.1. The lowest BCUT2D eigenvalue weighted by Gasteiger charge is -2.33. The highest BCUT2D eigenvalue weighted by atomic mass is 35.5. The number of rotatable bonds is 5. The number of halogens is 2. The number of nitrogens with one attached hydrogen (secondary N) is 2. The highest BCUT2D eigenvalue weighted by molar-refractivity contribution is 6.39. The van der Waals surface area contributed by atoms with Crippen LogP contribution in [0.25, 0.3) is 11.1 Å². The van der Waals surface area contributed by atoms with E-state index in [1.165, 1.54) is 0 Å². The molecule has 1 aliphatic heterocycles. The number of piperidine rings is 1. The lowest BCUT2D eigenvalue weighted by atomic mass is 10.0. The van der Waals surface area contributed by atoms with Crippen LogP contribution in [0.4, 0.5) is 22.4 Å². The minimum absolute atomic E-state index is 0.0294. The number of hydrogen-bond donors (Lipinski definition) is 3. The van der Waals surface area contributed by atoms with E-state index in [-0.39, 0.29) is 18.1 Å². The number of aromatic nitrogens is 3. The molecule has 4 rings (SSSR count). The summed E-state index contributed by atoms with van der Waals surface area (Å²) in [5.74, 6) is 1.27. The third kappa shape index (κ3) is 6.49. The molecule has 1 fully saturated rings. The van der Waals surface area contributed by atoms with Crippen molar-refractivity contribution < 1.29 is 14.3 Å². The fourth-order valence-electron chi connectivity index (χ4n) is 3.76. The zero-order chi connectivity index (χ0) is 25.2. The number of carbonyl (C=O) groups excluding carboxylic acids is 1. The van der Waals surface area contributed by atoms with E-state index in [9.17, 15) is 4.79 Å². The van der Waals surface area contributed by atoms with Gasteiger partial charge in [-0.25, -0.2) is 9.89 Å². The number of anilines is 3. The number of amides is 1. The van der Waals surface area contributed by atoms with Gasteiger partial charge in [-0.05, 0) is 50.6 Å². The molecule has 0 spiro atoms. The lowest BCUT2D eigenvalue weighted by Crippen LogP contribution is -2.44. The van der Waals surface area contributed by atoms with Gasteiger partial charge in [-0.1, -0.05) is 35.3 Å². The van der Waals surface area contributed by atoms with Gasteiger partial charge in [0.25, 0.3) is 0 Å². The summed E-state index contributed by atoms with van der Waals surface area (Å²) in [5.41, 5.74) is 7.26. The molecule has 0 saturated carbocycles. The fraction of sp³-hybridized carbons (Fsp3) is 0.375. The predicted molar refractivity (Wildman–Crippen MR) is 137 cm³/mol. The minimum atomic E-state index is -0.500. The van der Waals surface area contributed by atoms with Crippen LogP contribution in [0.2, 0.25) is 10.0 Å². The van der Waals surface area contributed by atoms with E-state index < -0.39 is 5.60 Å². The number of aromatic amines is 1. The van der Waals surface area contributed by atoms with Crippen LogP contribution in [-0.2, 0) is 4.74 Å². The van der Waals surface area contributed by atoms with E-state index in [1.54, 1.807) is 17.0 Å². The summed E-state index contributed by atoms with van der Waals surface area (Å²) in [7, 11) is 0. The molecule has 9 nitrogen and oxygen atoms in total. The van der Waals surface area contributed by atoms with Crippen molar-refractivity contribution in [1.82, 2.24) is 20.1 Å². The SMILES string of the molecule is CC(C)(C)OC(=O)N1CCC(Oc2ccc(-c3c(Cl)cc(Nc4n[nH]c(N)n4)cc3Cl)cc2)CC1. The van der Waals surface area contributed by atoms with Crippen molar-refractivity contribution in [1.29, 1.82) is 0 Å². The minimum Gasteiger partial charge on any atom is -0.490 e. The molecule has 0 radical (unpaired) electrons. The van der Waals surface area contributed by atoms with Crippen molar-refractivity contribution >= 4 is 46.9 Å². The molecule has 35 heavy (non-hydrogen) atoms. The summed E-state index contributed by atoms with van der Waals surface area (Å²) in [4.78, 5) is 18.0. The zero-order valence-corrected chi connectivity index (χ0v) is 21.3. The smallest absolute Gasteiger partial charge is 0.410 e. The molecule has 1 saturated heterocycles. The molecule has 1 aromatic heterocycles. The lowest BCUT2D eigenvalue weighted by molar-refractivity contribution is 0.0126. The molecule has 186 valence electrons. The highest BCUT2D eigenvalue weighted by Gasteiger charge is 2.27. The Morgan fingerprint density at radius 1 is 1.14 bits per heavy atom. The Morgan fingerprint density at radius 3 is 2.31 bits per heavy atom. The number of nitrogens with two attached hydrogens (primary N) is 1. The molecule has 2 heterocycles. The van der Waals surface area contributed by atoms with Gasteiger partial charge in [-0.15, -0.1) is 5.10 Å². The number of benzene rings is 2. The molecule has 3 aromatic rings. The fourth-order valence-corrected chi connectivity index (χ4v) is 4.46. The zero-order valence-electron chi connectivity index (χ0n) is 19.8. The van der Waals surface area contributed by atoms with Gasteiger partial charge in [-0.2, -0.15) is 4.98 Å². The van der Waals surface area contributed by atoms with Crippen LogP contribution in [0.15, 0.2) is 36.4 Å². The summed E-state index contributed by atoms with van der Waals surface area (Å²) in [6.45, 7) is 6.80.